The van der Waals surface area contributed by atoms with E-state index < -0.39 is 11.0 Å². The Hall–Kier alpha value is -4.29. The zero-order chi connectivity index (χ0) is 27.1. The molecular formula is C34H29N3O3. The molecule has 4 aliphatic heterocycles. The van der Waals surface area contributed by atoms with Crippen LogP contribution in [0.25, 0.3) is 0 Å². The maximum atomic E-state index is 15.2. The van der Waals surface area contributed by atoms with Crippen LogP contribution in [-0.4, -0.2) is 35.2 Å². The highest BCUT2D eigenvalue weighted by molar-refractivity contribution is 6.26. The van der Waals surface area contributed by atoms with Gasteiger partial charge in [-0.3, -0.25) is 19.3 Å². The molecule has 0 radical (unpaired) electrons. The van der Waals surface area contributed by atoms with Gasteiger partial charge >= 0.3 is 0 Å². The van der Waals surface area contributed by atoms with Gasteiger partial charge in [0.25, 0.3) is 5.91 Å². The second-order valence-electron chi connectivity index (χ2n) is 11.6. The molecular weight excluding hydrogens is 498 g/mol. The average Bonchev–Trinajstić information content (AvgIpc) is 3.55. The monoisotopic (exact) mass is 527 g/mol. The van der Waals surface area contributed by atoms with Crippen LogP contribution in [0.3, 0.4) is 0 Å². The fraction of sp³-hybridized carbons (Fsp3) is 0.265. The predicted molar refractivity (Wildman–Crippen MR) is 152 cm³/mol. The van der Waals surface area contributed by atoms with Gasteiger partial charge in [-0.05, 0) is 42.0 Å². The summed E-state index contributed by atoms with van der Waals surface area (Å²) in [5, 5.41) is 3.15. The first-order valence-electron chi connectivity index (χ1n) is 14.1. The molecule has 3 unspecified atom stereocenters. The molecule has 40 heavy (non-hydrogen) atoms. The average molecular weight is 528 g/mol. The number of para-hydroxylation sites is 2. The van der Waals surface area contributed by atoms with E-state index in [9.17, 15) is 9.59 Å². The van der Waals surface area contributed by atoms with Crippen LogP contribution in [0.4, 0.5) is 11.4 Å². The van der Waals surface area contributed by atoms with Gasteiger partial charge in [-0.1, -0.05) is 91.0 Å². The number of benzene rings is 3. The molecule has 3 aromatic carbocycles. The van der Waals surface area contributed by atoms with E-state index in [0.717, 1.165) is 23.2 Å². The molecule has 2 spiro atoms. The molecule has 0 aromatic heterocycles. The maximum Gasteiger partial charge on any atom is 0.250 e. The fourth-order valence-corrected chi connectivity index (χ4v) is 8.72. The molecule has 1 aliphatic carbocycles. The number of rotatable bonds is 2. The van der Waals surface area contributed by atoms with Crippen molar-refractivity contribution in [1.29, 1.82) is 0 Å². The minimum absolute atomic E-state index is 0.0357. The van der Waals surface area contributed by atoms with Crippen molar-refractivity contribution in [3.8, 4) is 0 Å². The molecule has 3 amide bonds. The molecule has 6 heteroatoms. The van der Waals surface area contributed by atoms with E-state index in [1.54, 1.807) is 12.1 Å². The van der Waals surface area contributed by atoms with E-state index in [1.807, 2.05) is 60.7 Å². The van der Waals surface area contributed by atoms with Crippen LogP contribution in [-0.2, 0) is 19.9 Å². The molecule has 0 saturated carbocycles. The highest BCUT2D eigenvalue weighted by atomic mass is 16.2. The number of allylic oxidation sites excluding steroid dienone is 3. The predicted octanol–water partition coefficient (Wildman–Crippen LogP) is 5.01. The van der Waals surface area contributed by atoms with Gasteiger partial charge in [0.15, 0.2) is 0 Å². The summed E-state index contributed by atoms with van der Waals surface area (Å²) in [5.41, 5.74) is 0.419. The number of carbonyl (C=O) groups excluding carboxylic acids is 3. The first kappa shape index (κ1) is 23.6. The first-order chi connectivity index (χ1) is 19.6. The lowest BCUT2D eigenvalue weighted by molar-refractivity contribution is -0.144. The number of hydrogen-bond acceptors (Lipinski definition) is 4. The Labute approximate surface area is 233 Å². The molecule has 3 fully saturated rings. The Morgan fingerprint density at radius 3 is 2.30 bits per heavy atom. The summed E-state index contributed by atoms with van der Waals surface area (Å²) in [6, 6.07) is 26.8. The van der Waals surface area contributed by atoms with E-state index in [-0.39, 0.29) is 42.0 Å². The van der Waals surface area contributed by atoms with Crippen LogP contribution in [0.15, 0.2) is 109 Å². The van der Waals surface area contributed by atoms with Crippen molar-refractivity contribution in [2.24, 2.45) is 17.3 Å². The van der Waals surface area contributed by atoms with E-state index in [4.69, 9.17) is 0 Å². The van der Waals surface area contributed by atoms with Crippen LogP contribution in [0.2, 0.25) is 0 Å². The fourth-order valence-electron chi connectivity index (χ4n) is 8.72. The van der Waals surface area contributed by atoms with Crippen molar-refractivity contribution >= 4 is 29.1 Å². The van der Waals surface area contributed by atoms with Crippen molar-refractivity contribution in [3.05, 3.63) is 120 Å². The molecule has 3 aromatic rings. The summed E-state index contributed by atoms with van der Waals surface area (Å²) in [6.45, 7) is 0.656. The third-order valence-corrected chi connectivity index (χ3v) is 10.0. The minimum atomic E-state index is -1.33. The zero-order valence-corrected chi connectivity index (χ0v) is 21.9. The van der Waals surface area contributed by atoms with Gasteiger partial charge in [-0.2, -0.15) is 0 Å². The smallest absolute Gasteiger partial charge is 0.250 e. The molecule has 8 rings (SSSR count). The number of piperidine rings is 1. The van der Waals surface area contributed by atoms with Crippen LogP contribution in [0.5, 0.6) is 0 Å². The van der Waals surface area contributed by atoms with Crippen molar-refractivity contribution < 1.29 is 14.4 Å². The summed E-state index contributed by atoms with van der Waals surface area (Å²) in [6.07, 6.45) is 9.55. The number of anilines is 2. The highest BCUT2D eigenvalue weighted by Crippen LogP contribution is 2.71. The van der Waals surface area contributed by atoms with E-state index in [2.05, 4.69) is 46.7 Å². The number of fused-ring (bicyclic) bond motifs is 7. The van der Waals surface area contributed by atoms with Gasteiger partial charge in [0.05, 0.1) is 11.1 Å². The molecule has 5 aliphatic rings. The van der Waals surface area contributed by atoms with Crippen molar-refractivity contribution in [2.45, 2.75) is 30.3 Å². The molecule has 6 nitrogen and oxygen atoms in total. The first-order valence-corrected chi connectivity index (χ1v) is 14.1. The number of hydrogen-bond donors (Lipinski definition) is 1. The SMILES string of the molecule is O=C1C[C@@]2(C(=O)N1c1ccccc1)C(c1ccccc1)[C@@H]1C3C=CC=CC3CCN1[C@@]21C(=O)Nc2ccccc21. The van der Waals surface area contributed by atoms with Gasteiger partial charge in [-0.25, -0.2) is 4.90 Å². The van der Waals surface area contributed by atoms with Crippen molar-refractivity contribution in [3.63, 3.8) is 0 Å². The lowest BCUT2D eigenvalue weighted by atomic mass is 9.58. The summed E-state index contributed by atoms with van der Waals surface area (Å²) in [4.78, 5) is 47.6. The molecule has 1 N–H and O–H groups in total. The van der Waals surface area contributed by atoms with Gasteiger partial charge in [0.2, 0.25) is 11.8 Å². The lowest BCUT2D eigenvalue weighted by Gasteiger charge is -2.47. The van der Waals surface area contributed by atoms with Gasteiger partial charge in [-0.15, -0.1) is 0 Å². The number of carbonyl (C=O) groups is 3. The molecule has 0 bridgehead atoms. The van der Waals surface area contributed by atoms with Crippen LogP contribution in [0, 0.1) is 17.3 Å². The Kier molecular flexibility index (Phi) is 4.93. The molecule has 3 saturated heterocycles. The molecule has 6 atom stereocenters. The summed E-state index contributed by atoms with van der Waals surface area (Å²) >= 11 is 0. The maximum absolute atomic E-state index is 15.2. The Bertz CT molecular complexity index is 1620. The lowest BCUT2D eigenvalue weighted by Crippen LogP contribution is -2.61. The van der Waals surface area contributed by atoms with E-state index in [0.29, 0.717) is 18.2 Å². The number of imide groups is 1. The van der Waals surface area contributed by atoms with Crippen LogP contribution < -0.4 is 10.2 Å². The third kappa shape index (κ3) is 2.74. The zero-order valence-electron chi connectivity index (χ0n) is 21.9. The molecule has 198 valence electrons. The van der Waals surface area contributed by atoms with Crippen LogP contribution >= 0.6 is 0 Å². The number of nitrogens with one attached hydrogen (secondary N) is 1. The number of nitrogens with zero attached hydrogens (tertiary/aromatic N) is 2. The van der Waals surface area contributed by atoms with E-state index in [1.165, 1.54) is 4.90 Å². The van der Waals surface area contributed by atoms with E-state index >= 15 is 4.79 Å². The van der Waals surface area contributed by atoms with Gasteiger partial charge in [0, 0.05) is 36.2 Å². The molecule has 4 heterocycles. The third-order valence-electron chi connectivity index (χ3n) is 10.0. The standard InChI is InChI=1S/C34H29N3O3/c38-28-21-33(32(40)37(28)24-14-5-2-6-15-24)29(23-12-3-1-4-13-23)30-25-16-8-7-11-22(25)19-20-36(30)34(33)26-17-9-10-18-27(26)35-31(34)39/h1-18,22,25,29-30H,19-21H2,(H,35,39)/t22?,25?,29?,30-,33-,34-/m0/s1. The van der Waals surface area contributed by atoms with Gasteiger partial charge < -0.3 is 5.32 Å². The quantitative estimate of drug-likeness (QED) is 0.476. The van der Waals surface area contributed by atoms with Crippen molar-refractivity contribution in [1.82, 2.24) is 4.90 Å². The Morgan fingerprint density at radius 1 is 0.800 bits per heavy atom. The van der Waals surface area contributed by atoms with Gasteiger partial charge in [0.1, 0.15) is 5.54 Å². The van der Waals surface area contributed by atoms with Crippen molar-refractivity contribution in [2.75, 3.05) is 16.8 Å². The largest absolute Gasteiger partial charge is 0.324 e. The Balaban J connectivity index is 1.46. The second-order valence-corrected chi connectivity index (χ2v) is 11.6. The van der Waals surface area contributed by atoms with Crippen LogP contribution in [0.1, 0.15) is 29.9 Å². The summed E-state index contributed by atoms with van der Waals surface area (Å²) in [7, 11) is 0. The second kappa shape index (κ2) is 8.35. The summed E-state index contributed by atoms with van der Waals surface area (Å²) in [5.74, 6) is -0.715. The Morgan fingerprint density at radius 2 is 1.50 bits per heavy atom. The number of amides is 3. The summed E-state index contributed by atoms with van der Waals surface area (Å²) < 4.78 is 0. The normalized spacial score (nSPS) is 33.9. The topological polar surface area (TPSA) is 69.7 Å². The minimum Gasteiger partial charge on any atom is -0.324 e. The highest BCUT2D eigenvalue weighted by Gasteiger charge is 2.81.